The van der Waals surface area contributed by atoms with E-state index in [1.54, 1.807) is 12.1 Å². The number of carbonyl (C=O) groups is 1. The number of hydrogen-bond donors (Lipinski definition) is 0. The SMILES string of the molecule is O=C(Sc1ccccc1)c1ccnc(Cl)c1. The lowest BCUT2D eigenvalue weighted by Gasteiger charge is -2.00. The molecular weight excluding hydrogens is 242 g/mol. The predicted octanol–water partition coefficient (Wildman–Crippen LogP) is 3.67. The van der Waals surface area contributed by atoms with Crippen LogP contribution in [-0.4, -0.2) is 10.1 Å². The first-order chi connectivity index (χ1) is 7.75. The van der Waals surface area contributed by atoms with E-state index in [9.17, 15) is 4.79 Å². The Morgan fingerprint density at radius 2 is 1.94 bits per heavy atom. The molecule has 0 aliphatic carbocycles. The van der Waals surface area contributed by atoms with E-state index in [2.05, 4.69) is 4.98 Å². The summed E-state index contributed by atoms with van der Waals surface area (Å²) in [6, 6.07) is 12.7. The van der Waals surface area contributed by atoms with Gasteiger partial charge >= 0.3 is 0 Å². The zero-order valence-corrected chi connectivity index (χ0v) is 9.83. The van der Waals surface area contributed by atoms with Gasteiger partial charge in [0.05, 0.1) is 0 Å². The van der Waals surface area contributed by atoms with Crippen LogP contribution in [0.15, 0.2) is 53.6 Å². The molecule has 0 atom stereocenters. The highest BCUT2D eigenvalue weighted by Gasteiger charge is 2.08. The molecule has 0 bridgehead atoms. The molecule has 2 aromatic rings. The molecule has 0 aliphatic rings. The highest BCUT2D eigenvalue weighted by Crippen LogP contribution is 2.22. The van der Waals surface area contributed by atoms with Crippen LogP contribution in [0, 0.1) is 0 Å². The number of pyridine rings is 1. The second-order valence-electron chi connectivity index (χ2n) is 3.07. The number of aromatic nitrogens is 1. The summed E-state index contributed by atoms with van der Waals surface area (Å²) in [5.74, 6) is 0. The Balaban J connectivity index is 2.15. The molecule has 0 aliphatic heterocycles. The number of rotatable bonds is 2. The second kappa shape index (κ2) is 5.14. The van der Waals surface area contributed by atoms with E-state index >= 15 is 0 Å². The maximum Gasteiger partial charge on any atom is 0.224 e. The topological polar surface area (TPSA) is 30.0 Å². The number of carbonyl (C=O) groups excluding carboxylic acids is 1. The summed E-state index contributed by atoms with van der Waals surface area (Å²) in [7, 11) is 0. The van der Waals surface area contributed by atoms with Gasteiger partial charge in [-0.3, -0.25) is 4.79 Å². The fraction of sp³-hybridized carbons (Fsp3) is 0. The molecule has 1 aromatic carbocycles. The Morgan fingerprint density at radius 3 is 2.62 bits per heavy atom. The highest BCUT2D eigenvalue weighted by atomic mass is 35.5. The quantitative estimate of drug-likeness (QED) is 0.601. The molecule has 0 saturated carbocycles. The van der Waals surface area contributed by atoms with Crippen LogP contribution in [0.2, 0.25) is 5.15 Å². The zero-order chi connectivity index (χ0) is 11.4. The summed E-state index contributed by atoms with van der Waals surface area (Å²) in [6.07, 6.45) is 1.53. The highest BCUT2D eigenvalue weighted by molar-refractivity contribution is 8.14. The van der Waals surface area contributed by atoms with Gasteiger partial charge in [-0.05, 0) is 36.0 Å². The number of benzene rings is 1. The summed E-state index contributed by atoms with van der Waals surface area (Å²) in [5, 5.41) is 0.301. The third kappa shape index (κ3) is 2.84. The fourth-order valence-corrected chi connectivity index (χ4v) is 2.11. The Kier molecular flexibility index (Phi) is 3.59. The standard InChI is InChI=1S/C12H8ClNOS/c13-11-8-9(6-7-14-11)12(15)16-10-4-2-1-3-5-10/h1-8H. The Hall–Kier alpha value is -1.32. The summed E-state index contributed by atoms with van der Waals surface area (Å²) in [6.45, 7) is 0. The van der Waals surface area contributed by atoms with Gasteiger partial charge in [0.2, 0.25) is 5.12 Å². The van der Waals surface area contributed by atoms with Gasteiger partial charge in [0.1, 0.15) is 5.15 Å². The summed E-state index contributed by atoms with van der Waals surface area (Å²) >= 11 is 6.90. The monoisotopic (exact) mass is 249 g/mol. The van der Waals surface area contributed by atoms with E-state index in [0.29, 0.717) is 10.7 Å². The molecule has 0 saturated heterocycles. The minimum Gasteiger partial charge on any atom is -0.281 e. The zero-order valence-electron chi connectivity index (χ0n) is 8.26. The fourth-order valence-electron chi connectivity index (χ4n) is 1.18. The van der Waals surface area contributed by atoms with Crippen LogP contribution in [-0.2, 0) is 0 Å². The van der Waals surface area contributed by atoms with Crippen molar-refractivity contribution in [3.05, 3.63) is 59.4 Å². The van der Waals surface area contributed by atoms with Crippen LogP contribution in [0.5, 0.6) is 0 Å². The molecule has 0 N–H and O–H groups in total. The van der Waals surface area contributed by atoms with Crippen molar-refractivity contribution in [3.8, 4) is 0 Å². The Labute approximate surface area is 103 Å². The van der Waals surface area contributed by atoms with E-state index in [0.717, 1.165) is 4.90 Å². The number of thioether (sulfide) groups is 1. The summed E-state index contributed by atoms with van der Waals surface area (Å²) in [4.78, 5) is 16.6. The van der Waals surface area contributed by atoms with Gasteiger partial charge in [-0.1, -0.05) is 29.8 Å². The lowest BCUT2D eigenvalue weighted by atomic mass is 10.3. The van der Waals surface area contributed by atoms with Gasteiger partial charge in [0.15, 0.2) is 0 Å². The first-order valence-corrected chi connectivity index (χ1v) is 5.84. The van der Waals surface area contributed by atoms with E-state index < -0.39 is 0 Å². The second-order valence-corrected chi connectivity index (χ2v) is 4.50. The molecule has 16 heavy (non-hydrogen) atoms. The van der Waals surface area contributed by atoms with E-state index in [4.69, 9.17) is 11.6 Å². The van der Waals surface area contributed by atoms with Crippen LogP contribution in [0.25, 0.3) is 0 Å². The van der Waals surface area contributed by atoms with Gasteiger partial charge in [-0.2, -0.15) is 0 Å². The van der Waals surface area contributed by atoms with Crippen molar-refractivity contribution in [2.24, 2.45) is 0 Å². The Morgan fingerprint density at radius 1 is 1.19 bits per heavy atom. The van der Waals surface area contributed by atoms with Crippen molar-refractivity contribution in [1.29, 1.82) is 0 Å². The summed E-state index contributed by atoms with van der Waals surface area (Å²) in [5.41, 5.74) is 0.564. The molecule has 2 rings (SSSR count). The predicted molar refractivity (Wildman–Crippen MR) is 65.9 cm³/mol. The van der Waals surface area contributed by atoms with Crippen LogP contribution in [0.4, 0.5) is 0 Å². The molecule has 80 valence electrons. The number of hydrogen-bond acceptors (Lipinski definition) is 3. The summed E-state index contributed by atoms with van der Waals surface area (Å²) < 4.78 is 0. The number of nitrogens with zero attached hydrogens (tertiary/aromatic N) is 1. The molecule has 4 heteroatoms. The maximum absolute atomic E-state index is 11.8. The smallest absolute Gasteiger partial charge is 0.224 e. The van der Waals surface area contributed by atoms with E-state index in [1.165, 1.54) is 18.0 Å². The normalized spacial score (nSPS) is 10.1. The third-order valence-electron chi connectivity index (χ3n) is 1.92. The van der Waals surface area contributed by atoms with Crippen molar-refractivity contribution in [2.75, 3.05) is 0 Å². The van der Waals surface area contributed by atoms with E-state index in [1.807, 2.05) is 30.3 Å². The minimum absolute atomic E-state index is 0.0319. The van der Waals surface area contributed by atoms with E-state index in [-0.39, 0.29) is 5.12 Å². The van der Waals surface area contributed by atoms with Gasteiger partial charge in [0, 0.05) is 16.7 Å². The van der Waals surface area contributed by atoms with Crippen LogP contribution < -0.4 is 0 Å². The van der Waals surface area contributed by atoms with Gasteiger partial charge in [0.25, 0.3) is 0 Å². The molecule has 2 nitrogen and oxygen atoms in total. The average molecular weight is 250 g/mol. The molecule has 1 aromatic heterocycles. The third-order valence-corrected chi connectivity index (χ3v) is 3.05. The lowest BCUT2D eigenvalue weighted by Crippen LogP contribution is -1.93. The lowest BCUT2D eigenvalue weighted by molar-refractivity contribution is 0.108. The van der Waals surface area contributed by atoms with Gasteiger partial charge in [-0.25, -0.2) is 4.98 Å². The first kappa shape index (κ1) is 11.2. The minimum atomic E-state index is -0.0319. The molecule has 0 radical (unpaired) electrons. The number of halogens is 1. The average Bonchev–Trinajstić information content (AvgIpc) is 2.30. The largest absolute Gasteiger partial charge is 0.281 e. The molecule has 0 spiro atoms. The van der Waals surface area contributed by atoms with Crippen LogP contribution in [0.1, 0.15) is 10.4 Å². The molecule has 0 fully saturated rings. The molecule has 1 heterocycles. The van der Waals surface area contributed by atoms with Crippen molar-refractivity contribution >= 4 is 28.5 Å². The van der Waals surface area contributed by atoms with Crippen LogP contribution in [0.3, 0.4) is 0 Å². The van der Waals surface area contributed by atoms with Gasteiger partial charge < -0.3 is 0 Å². The van der Waals surface area contributed by atoms with Gasteiger partial charge in [-0.15, -0.1) is 0 Å². The van der Waals surface area contributed by atoms with Crippen molar-refractivity contribution in [3.63, 3.8) is 0 Å². The van der Waals surface area contributed by atoms with Crippen molar-refractivity contribution in [1.82, 2.24) is 4.98 Å². The van der Waals surface area contributed by atoms with Crippen molar-refractivity contribution in [2.45, 2.75) is 4.90 Å². The Bertz CT molecular complexity index is 501. The molecule has 0 amide bonds. The first-order valence-electron chi connectivity index (χ1n) is 4.64. The van der Waals surface area contributed by atoms with Crippen LogP contribution >= 0.6 is 23.4 Å². The molecule has 0 unspecified atom stereocenters. The molecular formula is C12H8ClNOS. The van der Waals surface area contributed by atoms with Crippen molar-refractivity contribution < 1.29 is 4.79 Å². The maximum atomic E-state index is 11.8.